The molecule has 4 heteroatoms. The molecule has 1 aromatic heterocycles. The summed E-state index contributed by atoms with van der Waals surface area (Å²) < 4.78 is 0. The molecule has 0 saturated carbocycles. The smallest absolute Gasteiger partial charge is 0.339 e. The van der Waals surface area contributed by atoms with Crippen LogP contribution in [-0.4, -0.2) is 29.1 Å². The number of carbonyl (C=O) groups is 1. The van der Waals surface area contributed by atoms with Gasteiger partial charge in [0.05, 0.1) is 0 Å². The topological polar surface area (TPSA) is 53.4 Å². The monoisotopic (exact) mass is 234 g/mol. The molecule has 2 heterocycles. The Hall–Kier alpha value is -1.58. The van der Waals surface area contributed by atoms with E-state index in [0.29, 0.717) is 11.4 Å². The number of rotatable bonds is 2. The lowest BCUT2D eigenvalue weighted by atomic mass is 10.2. The van der Waals surface area contributed by atoms with Gasteiger partial charge in [-0.05, 0) is 31.9 Å². The molecule has 4 nitrogen and oxygen atoms in total. The molecule has 1 aliphatic heterocycles. The first-order valence-corrected chi connectivity index (χ1v) is 6.14. The van der Waals surface area contributed by atoms with Gasteiger partial charge in [-0.25, -0.2) is 9.78 Å². The second-order valence-electron chi connectivity index (χ2n) is 4.53. The number of anilines is 1. The van der Waals surface area contributed by atoms with Crippen molar-refractivity contribution in [2.24, 2.45) is 0 Å². The molecule has 1 N–H and O–H groups in total. The Morgan fingerprint density at radius 3 is 2.47 bits per heavy atom. The molecule has 0 spiro atoms. The largest absolute Gasteiger partial charge is 0.478 e. The molecule has 1 aromatic rings. The van der Waals surface area contributed by atoms with Gasteiger partial charge in [-0.2, -0.15) is 0 Å². The first-order chi connectivity index (χ1) is 8.18. The van der Waals surface area contributed by atoms with E-state index < -0.39 is 5.97 Å². The van der Waals surface area contributed by atoms with Crippen LogP contribution in [0.1, 0.15) is 41.7 Å². The zero-order valence-electron chi connectivity index (χ0n) is 10.1. The summed E-state index contributed by atoms with van der Waals surface area (Å²) >= 11 is 0. The molecule has 17 heavy (non-hydrogen) atoms. The summed E-state index contributed by atoms with van der Waals surface area (Å²) in [5.41, 5.74) is 1.19. The number of carboxylic acid groups (broad SMARTS) is 1. The van der Waals surface area contributed by atoms with Gasteiger partial charge >= 0.3 is 5.97 Å². The summed E-state index contributed by atoms with van der Waals surface area (Å²) in [6.07, 6.45) is 4.69. The summed E-state index contributed by atoms with van der Waals surface area (Å²) in [4.78, 5) is 17.7. The van der Waals surface area contributed by atoms with Crippen LogP contribution < -0.4 is 4.90 Å². The number of hydrogen-bond acceptors (Lipinski definition) is 3. The standard InChI is InChI=1S/C13H18N2O2/c1-10-6-7-11(13(16)17)12(14-10)15-8-4-2-3-5-9-15/h6-7H,2-5,8-9H2,1H3,(H,16,17). The Bertz CT molecular complexity index is 410. The van der Waals surface area contributed by atoms with Gasteiger partial charge in [0.2, 0.25) is 0 Å². The summed E-state index contributed by atoms with van der Waals surface area (Å²) in [7, 11) is 0. The average molecular weight is 234 g/mol. The SMILES string of the molecule is Cc1ccc(C(=O)O)c(N2CCCCCC2)n1. The highest BCUT2D eigenvalue weighted by Crippen LogP contribution is 2.22. The van der Waals surface area contributed by atoms with E-state index in [4.69, 9.17) is 0 Å². The van der Waals surface area contributed by atoms with Gasteiger partial charge in [0, 0.05) is 18.8 Å². The van der Waals surface area contributed by atoms with Crippen LogP contribution in [0.5, 0.6) is 0 Å². The maximum atomic E-state index is 11.2. The second kappa shape index (κ2) is 5.17. The molecule has 1 saturated heterocycles. The van der Waals surface area contributed by atoms with E-state index in [-0.39, 0.29) is 0 Å². The highest BCUT2D eigenvalue weighted by Gasteiger charge is 2.18. The van der Waals surface area contributed by atoms with E-state index in [9.17, 15) is 9.90 Å². The average Bonchev–Trinajstić information content (AvgIpc) is 2.56. The van der Waals surface area contributed by atoms with E-state index in [2.05, 4.69) is 9.88 Å². The molecule has 0 bridgehead atoms. The fourth-order valence-electron chi connectivity index (χ4n) is 2.23. The van der Waals surface area contributed by atoms with Crippen molar-refractivity contribution in [2.75, 3.05) is 18.0 Å². The van der Waals surface area contributed by atoms with Gasteiger partial charge in [0.25, 0.3) is 0 Å². The molecule has 92 valence electrons. The third-order valence-electron chi connectivity index (χ3n) is 3.15. The van der Waals surface area contributed by atoms with Crippen LogP contribution >= 0.6 is 0 Å². The molecule has 0 amide bonds. The first kappa shape index (κ1) is 11.9. The van der Waals surface area contributed by atoms with Crippen molar-refractivity contribution in [3.63, 3.8) is 0 Å². The third kappa shape index (κ3) is 2.75. The molecule has 0 radical (unpaired) electrons. The van der Waals surface area contributed by atoms with E-state index in [1.807, 2.05) is 6.92 Å². The molecule has 0 aromatic carbocycles. The molecular weight excluding hydrogens is 216 g/mol. The van der Waals surface area contributed by atoms with Crippen molar-refractivity contribution in [1.82, 2.24) is 4.98 Å². The Morgan fingerprint density at radius 1 is 1.24 bits per heavy atom. The van der Waals surface area contributed by atoms with Crippen LogP contribution in [-0.2, 0) is 0 Å². The lowest BCUT2D eigenvalue weighted by molar-refractivity contribution is 0.0697. The van der Waals surface area contributed by atoms with E-state index in [1.54, 1.807) is 12.1 Å². The van der Waals surface area contributed by atoms with Crippen LogP contribution in [0.2, 0.25) is 0 Å². The van der Waals surface area contributed by atoms with Crippen molar-refractivity contribution >= 4 is 11.8 Å². The summed E-state index contributed by atoms with van der Waals surface area (Å²) in [6.45, 7) is 3.72. The maximum Gasteiger partial charge on any atom is 0.339 e. The lowest BCUT2D eigenvalue weighted by Gasteiger charge is -2.23. The number of pyridine rings is 1. The molecule has 1 aliphatic rings. The molecule has 0 aliphatic carbocycles. The highest BCUT2D eigenvalue weighted by molar-refractivity contribution is 5.93. The Morgan fingerprint density at radius 2 is 1.88 bits per heavy atom. The van der Waals surface area contributed by atoms with Gasteiger partial charge in [-0.15, -0.1) is 0 Å². The van der Waals surface area contributed by atoms with Gasteiger partial charge in [0.15, 0.2) is 0 Å². The van der Waals surface area contributed by atoms with Gasteiger partial charge in [-0.1, -0.05) is 12.8 Å². The molecular formula is C13H18N2O2. The summed E-state index contributed by atoms with van der Waals surface area (Å²) in [6, 6.07) is 3.41. The predicted molar refractivity (Wildman–Crippen MR) is 66.6 cm³/mol. The van der Waals surface area contributed by atoms with Crippen LogP contribution in [0.3, 0.4) is 0 Å². The summed E-state index contributed by atoms with van der Waals surface area (Å²) in [5, 5.41) is 9.19. The number of aryl methyl sites for hydroxylation is 1. The molecule has 1 fully saturated rings. The minimum absolute atomic E-state index is 0.317. The van der Waals surface area contributed by atoms with E-state index >= 15 is 0 Å². The lowest BCUT2D eigenvalue weighted by Crippen LogP contribution is -2.27. The zero-order chi connectivity index (χ0) is 12.3. The van der Waals surface area contributed by atoms with Crippen LogP contribution in [0.15, 0.2) is 12.1 Å². The van der Waals surface area contributed by atoms with Crippen molar-refractivity contribution < 1.29 is 9.90 Å². The number of hydrogen-bond donors (Lipinski definition) is 1. The van der Waals surface area contributed by atoms with Gasteiger partial charge in [-0.3, -0.25) is 0 Å². The Labute approximate surface area is 101 Å². The van der Waals surface area contributed by atoms with Crippen molar-refractivity contribution in [2.45, 2.75) is 32.6 Å². The molecule has 0 atom stereocenters. The number of aromatic nitrogens is 1. The van der Waals surface area contributed by atoms with Crippen LogP contribution in [0.4, 0.5) is 5.82 Å². The third-order valence-corrected chi connectivity index (χ3v) is 3.15. The minimum atomic E-state index is -0.892. The normalized spacial score (nSPS) is 16.6. The minimum Gasteiger partial charge on any atom is -0.478 e. The van der Waals surface area contributed by atoms with E-state index in [0.717, 1.165) is 31.6 Å². The number of carboxylic acids is 1. The van der Waals surface area contributed by atoms with E-state index in [1.165, 1.54) is 12.8 Å². The zero-order valence-corrected chi connectivity index (χ0v) is 10.1. The van der Waals surface area contributed by atoms with Crippen molar-refractivity contribution in [3.8, 4) is 0 Å². The first-order valence-electron chi connectivity index (χ1n) is 6.14. The van der Waals surface area contributed by atoms with Crippen LogP contribution in [0.25, 0.3) is 0 Å². The maximum absolute atomic E-state index is 11.2. The Balaban J connectivity index is 2.34. The fraction of sp³-hybridized carbons (Fsp3) is 0.538. The molecule has 0 unspecified atom stereocenters. The van der Waals surface area contributed by atoms with Crippen LogP contribution in [0, 0.1) is 6.92 Å². The van der Waals surface area contributed by atoms with Gasteiger partial charge in [0.1, 0.15) is 11.4 Å². The Kier molecular flexibility index (Phi) is 3.61. The van der Waals surface area contributed by atoms with Gasteiger partial charge < -0.3 is 10.0 Å². The summed E-state index contributed by atoms with van der Waals surface area (Å²) in [5.74, 6) is -0.254. The fourth-order valence-corrected chi connectivity index (χ4v) is 2.23. The van der Waals surface area contributed by atoms with Crippen molar-refractivity contribution in [1.29, 1.82) is 0 Å². The predicted octanol–water partition coefficient (Wildman–Crippen LogP) is 2.47. The number of aromatic carboxylic acids is 1. The molecule has 2 rings (SSSR count). The van der Waals surface area contributed by atoms with Crippen molar-refractivity contribution in [3.05, 3.63) is 23.4 Å². The number of nitrogens with zero attached hydrogens (tertiary/aromatic N) is 2. The highest BCUT2D eigenvalue weighted by atomic mass is 16.4. The second-order valence-corrected chi connectivity index (χ2v) is 4.53. The quantitative estimate of drug-likeness (QED) is 0.854.